The second kappa shape index (κ2) is 3.83. The van der Waals surface area contributed by atoms with E-state index in [1.165, 1.54) is 6.33 Å². The summed E-state index contributed by atoms with van der Waals surface area (Å²) in [5, 5.41) is 8.40. The topological polar surface area (TPSA) is 58.6 Å². The van der Waals surface area contributed by atoms with Gasteiger partial charge in [0.1, 0.15) is 6.33 Å². The van der Waals surface area contributed by atoms with E-state index in [1.807, 2.05) is 36.4 Å². The Bertz CT molecular complexity index is 674. The first-order valence-corrected chi connectivity index (χ1v) is 5.23. The summed E-state index contributed by atoms with van der Waals surface area (Å²) in [5.41, 5.74) is 0.612. The zero-order valence-corrected chi connectivity index (χ0v) is 8.92. The van der Waals surface area contributed by atoms with Gasteiger partial charge in [0.2, 0.25) is 5.78 Å². The van der Waals surface area contributed by atoms with Crippen LogP contribution in [0.1, 0.15) is 16.2 Å². The van der Waals surface area contributed by atoms with Gasteiger partial charge in [0.05, 0.1) is 0 Å². The van der Waals surface area contributed by atoms with Crippen molar-refractivity contribution >= 4 is 16.6 Å². The number of carbonyl (C=O) groups excluding carboxylic acids is 1. The fourth-order valence-corrected chi connectivity index (χ4v) is 1.78. The van der Waals surface area contributed by atoms with Gasteiger partial charge >= 0.3 is 0 Å². The fourth-order valence-electron chi connectivity index (χ4n) is 1.78. The highest BCUT2D eigenvalue weighted by atomic mass is 16.1. The van der Waals surface area contributed by atoms with E-state index in [1.54, 1.807) is 6.07 Å². The van der Waals surface area contributed by atoms with Crippen LogP contribution in [0.5, 0.6) is 0 Å². The maximum absolute atomic E-state index is 12.0. The van der Waals surface area contributed by atoms with E-state index >= 15 is 0 Å². The Balaban J connectivity index is 2.09. The molecule has 3 rings (SSSR count). The monoisotopic (exact) mass is 223 g/mol. The molecular weight excluding hydrogens is 214 g/mol. The number of carbonyl (C=O) groups is 1. The van der Waals surface area contributed by atoms with Gasteiger partial charge < -0.3 is 0 Å². The Hall–Kier alpha value is -2.49. The molecule has 3 aromatic rings. The van der Waals surface area contributed by atoms with Crippen molar-refractivity contribution in [3.05, 3.63) is 60.2 Å². The number of nitrogens with zero attached hydrogens (tertiary/aromatic N) is 2. The third-order valence-corrected chi connectivity index (χ3v) is 2.64. The molecule has 0 radical (unpaired) electrons. The highest BCUT2D eigenvalue weighted by Gasteiger charge is 2.11. The van der Waals surface area contributed by atoms with E-state index in [0.29, 0.717) is 5.56 Å². The first-order valence-electron chi connectivity index (χ1n) is 5.23. The van der Waals surface area contributed by atoms with Crippen LogP contribution in [0.25, 0.3) is 10.8 Å². The Morgan fingerprint density at radius 3 is 2.65 bits per heavy atom. The number of fused-ring (bicyclic) bond motifs is 1. The highest BCUT2D eigenvalue weighted by molar-refractivity contribution is 6.08. The second-order valence-corrected chi connectivity index (χ2v) is 3.73. The molecule has 0 fully saturated rings. The second-order valence-electron chi connectivity index (χ2n) is 3.73. The van der Waals surface area contributed by atoms with Gasteiger partial charge in [-0.25, -0.2) is 4.98 Å². The van der Waals surface area contributed by atoms with Crippen LogP contribution < -0.4 is 0 Å². The summed E-state index contributed by atoms with van der Waals surface area (Å²) in [6, 6.07) is 13.5. The van der Waals surface area contributed by atoms with Gasteiger partial charge in [-0.2, -0.15) is 5.10 Å². The summed E-state index contributed by atoms with van der Waals surface area (Å²) in [6.45, 7) is 0. The molecule has 1 heterocycles. The van der Waals surface area contributed by atoms with Crippen LogP contribution in [0.2, 0.25) is 0 Å². The lowest BCUT2D eigenvalue weighted by Gasteiger charge is -2.00. The maximum Gasteiger partial charge on any atom is 0.229 e. The quantitative estimate of drug-likeness (QED) is 0.677. The number of hydrogen-bond donors (Lipinski definition) is 1. The van der Waals surface area contributed by atoms with E-state index in [2.05, 4.69) is 15.2 Å². The minimum Gasteiger partial charge on any atom is -0.285 e. The Morgan fingerprint density at radius 1 is 1.06 bits per heavy atom. The van der Waals surface area contributed by atoms with Crippen LogP contribution in [0.15, 0.2) is 48.8 Å². The average Bonchev–Trinajstić information content (AvgIpc) is 2.91. The van der Waals surface area contributed by atoms with Gasteiger partial charge in [-0.1, -0.05) is 36.4 Å². The summed E-state index contributed by atoms with van der Waals surface area (Å²) in [4.78, 5) is 15.9. The number of aromatic amines is 1. The summed E-state index contributed by atoms with van der Waals surface area (Å²) in [6.07, 6.45) is 1.33. The number of aromatic nitrogens is 3. The minimum absolute atomic E-state index is 0.145. The number of nitrogens with one attached hydrogen (secondary N) is 1. The molecule has 0 bridgehead atoms. The summed E-state index contributed by atoms with van der Waals surface area (Å²) >= 11 is 0. The van der Waals surface area contributed by atoms with Gasteiger partial charge in [0.25, 0.3) is 0 Å². The molecule has 4 nitrogen and oxygen atoms in total. The van der Waals surface area contributed by atoms with E-state index in [-0.39, 0.29) is 11.6 Å². The molecule has 4 heteroatoms. The predicted molar refractivity (Wildman–Crippen MR) is 63.8 cm³/mol. The third kappa shape index (κ3) is 1.69. The predicted octanol–water partition coefficient (Wildman–Crippen LogP) is 2.19. The van der Waals surface area contributed by atoms with Gasteiger partial charge in [0.15, 0.2) is 5.82 Å². The molecule has 2 aromatic carbocycles. The molecule has 0 atom stereocenters. The van der Waals surface area contributed by atoms with Crippen LogP contribution in [0.3, 0.4) is 0 Å². The van der Waals surface area contributed by atoms with Crippen molar-refractivity contribution in [1.82, 2.24) is 15.2 Å². The van der Waals surface area contributed by atoms with E-state index in [0.717, 1.165) is 10.8 Å². The number of ketones is 1. The molecule has 0 aliphatic rings. The van der Waals surface area contributed by atoms with Crippen molar-refractivity contribution in [1.29, 1.82) is 0 Å². The van der Waals surface area contributed by atoms with Crippen LogP contribution in [0.4, 0.5) is 0 Å². The third-order valence-electron chi connectivity index (χ3n) is 2.64. The first-order chi connectivity index (χ1) is 8.34. The standard InChI is InChI=1S/C13H9N3O/c17-12(13-14-8-15-16-13)11-6-5-9-3-1-2-4-10(9)7-11/h1-8H,(H,14,15,16). The number of rotatable bonds is 2. The van der Waals surface area contributed by atoms with E-state index in [4.69, 9.17) is 0 Å². The molecule has 0 saturated carbocycles. The Kier molecular flexibility index (Phi) is 2.19. The van der Waals surface area contributed by atoms with Crippen LogP contribution in [0, 0.1) is 0 Å². The normalized spacial score (nSPS) is 10.6. The van der Waals surface area contributed by atoms with Crippen LogP contribution >= 0.6 is 0 Å². The van der Waals surface area contributed by atoms with Crippen molar-refractivity contribution in [2.24, 2.45) is 0 Å². The van der Waals surface area contributed by atoms with Crippen molar-refractivity contribution in [2.45, 2.75) is 0 Å². The lowest BCUT2D eigenvalue weighted by molar-refractivity contribution is 0.103. The largest absolute Gasteiger partial charge is 0.285 e. The molecular formula is C13H9N3O. The van der Waals surface area contributed by atoms with E-state index < -0.39 is 0 Å². The van der Waals surface area contributed by atoms with E-state index in [9.17, 15) is 4.79 Å². The molecule has 17 heavy (non-hydrogen) atoms. The smallest absolute Gasteiger partial charge is 0.229 e. The molecule has 82 valence electrons. The SMILES string of the molecule is O=C(c1ccc2ccccc2c1)c1ncn[nH]1. The molecule has 0 aliphatic heterocycles. The van der Waals surface area contributed by atoms with Crippen LogP contribution in [-0.2, 0) is 0 Å². The summed E-state index contributed by atoms with van der Waals surface area (Å²) < 4.78 is 0. The summed E-state index contributed by atoms with van der Waals surface area (Å²) in [7, 11) is 0. The first kappa shape index (κ1) is 9.72. The van der Waals surface area contributed by atoms with Crippen LogP contribution in [-0.4, -0.2) is 21.0 Å². The van der Waals surface area contributed by atoms with Crippen molar-refractivity contribution < 1.29 is 4.79 Å². The zero-order chi connectivity index (χ0) is 11.7. The van der Waals surface area contributed by atoms with Gasteiger partial charge in [0, 0.05) is 5.56 Å². The molecule has 1 aromatic heterocycles. The molecule has 0 unspecified atom stereocenters. The van der Waals surface area contributed by atoms with Gasteiger partial charge in [-0.15, -0.1) is 0 Å². The number of H-pyrrole nitrogens is 1. The maximum atomic E-state index is 12.0. The minimum atomic E-state index is -0.145. The molecule has 0 aliphatic carbocycles. The number of benzene rings is 2. The van der Waals surface area contributed by atoms with Gasteiger partial charge in [-0.05, 0) is 16.8 Å². The van der Waals surface area contributed by atoms with Crippen molar-refractivity contribution in [2.75, 3.05) is 0 Å². The Morgan fingerprint density at radius 2 is 1.88 bits per heavy atom. The lowest BCUT2D eigenvalue weighted by Crippen LogP contribution is -2.03. The molecule has 0 saturated heterocycles. The van der Waals surface area contributed by atoms with Crippen molar-refractivity contribution in [3.8, 4) is 0 Å². The summed E-state index contributed by atoms with van der Waals surface area (Å²) in [5.74, 6) is 0.119. The highest BCUT2D eigenvalue weighted by Crippen LogP contribution is 2.16. The molecule has 1 N–H and O–H groups in total. The van der Waals surface area contributed by atoms with Crippen molar-refractivity contribution in [3.63, 3.8) is 0 Å². The fraction of sp³-hybridized carbons (Fsp3) is 0. The molecule has 0 amide bonds. The lowest BCUT2D eigenvalue weighted by atomic mass is 10.0. The van der Waals surface area contributed by atoms with Gasteiger partial charge in [-0.3, -0.25) is 9.89 Å². The molecule has 0 spiro atoms. The average molecular weight is 223 g/mol. The zero-order valence-electron chi connectivity index (χ0n) is 8.92. The Labute approximate surface area is 97.3 Å². The number of hydrogen-bond acceptors (Lipinski definition) is 3.